The number of aryl methyl sites for hydroxylation is 2. The van der Waals surface area contributed by atoms with E-state index in [9.17, 15) is 9.59 Å². The molecule has 1 aromatic heterocycles. The summed E-state index contributed by atoms with van der Waals surface area (Å²) in [6.45, 7) is 3.51. The Balaban J connectivity index is 2.11. The number of hydrogen-bond acceptors (Lipinski definition) is 4. The summed E-state index contributed by atoms with van der Waals surface area (Å²) in [6, 6.07) is 6.61. The van der Waals surface area contributed by atoms with Gasteiger partial charge < -0.3 is 11.1 Å². The molecule has 0 fully saturated rings. The van der Waals surface area contributed by atoms with Gasteiger partial charge in [0.15, 0.2) is 0 Å². The first-order chi connectivity index (χ1) is 9.45. The van der Waals surface area contributed by atoms with E-state index in [4.69, 9.17) is 5.73 Å². The molecule has 1 amide bonds. The van der Waals surface area contributed by atoms with Crippen molar-refractivity contribution in [2.75, 3.05) is 11.1 Å². The summed E-state index contributed by atoms with van der Waals surface area (Å²) in [7, 11) is 0. The van der Waals surface area contributed by atoms with Gasteiger partial charge in [0, 0.05) is 23.1 Å². The lowest BCUT2D eigenvalue weighted by Gasteiger charge is -2.10. The molecule has 0 spiro atoms. The lowest BCUT2D eigenvalue weighted by molar-refractivity contribution is -0.116. The van der Waals surface area contributed by atoms with Crippen LogP contribution < -0.4 is 16.6 Å². The zero-order chi connectivity index (χ0) is 14.7. The van der Waals surface area contributed by atoms with E-state index in [1.54, 1.807) is 25.1 Å². The van der Waals surface area contributed by atoms with Crippen molar-refractivity contribution in [3.8, 4) is 0 Å². The van der Waals surface area contributed by atoms with Crippen molar-refractivity contribution in [2.24, 2.45) is 0 Å². The molecule has 0 radical (unpaired) electrons. The molecule has 0 saturated heterocycles. The highest BCUT2D eigenvalue weighted by Gasteiger charge is 2.07. The second-order valence-corrected chi connectivity index (χ2v) is 4.62. The summed E-state index contributed by atoms with van der Waals surface area (Å²) in [6.07, 6.45) is 1.37. The van der Waals surface area contributed by atoms with Crippen LogP contribution in [0.1, 0.15) is 11.3 Å². The number of nitrogens with one attached hydrogen (secondary N) is 1. The molecule has 0 aliphatic carbocycles. The van der Waals surface area contributed by atoms with Gasteiger partial charge in [0.2, 0.25) is 5.91 Å². The fraction of sp³-hybridized carbons (Fsp3) is 0.214. The monoisotopic (exact) mass is 272 g/mol. The first kappa shape index (κ1) is 13.8. The van der Waals surface area contributed by atoms with Gasteiger partial charge in [0.25, 0.3) is 5.56 Å². The van der Waals surface area contributed by atoms with Crippen LogP contribution >= 0.6 is 0 Å². The van der Waals surface area contributed by atoms with Gasteiger partial charge >= 0.3 is 0 Å². The van der Waals surface area contributed by atoms with Crippen molar-refractivity contribution in [3.05, 3.63) is 52.2 Å². The molecule has 2 aromatic rings. The van der Waals surface area contributed by atoms with Crippen molar-refractivity contribution in [1.29, 1.82) is 0 Å². The van der Waals surface area contributed by atoms with E-state index in [-0.39, 0.29) is 18.0 Å². The molecule has 1 aromatic carbocycles. The van der Waals surface area contributed by atoms with Crippen LogP contribution in [0.4, 0.5) is 11.4 Å². The average Bonchev–Trinajstić information content (AvgIpc) is 2.36. The number of aromatic nitrogens is 2. The Hall–Kier alpha value is -2.63. The van der Waals surface area contributed by atoms with Crippen LogP contribution in [0.15, 0.2) is 35.4 Å². The Kier molecular flexibility index (Phi) is 3.84. The van der Waals surface area contributed by atoms with Crippen LogP contribution in [-0.4, -0.2) is 15.5 Å². The van der Waals surface area contributed by atoms with Gasteiger partial charge in [0.1, 0.15) is 6.54 Å². The van der Waals surface area contributed by atoms with E-state index < -0.39 is 0 Å². The minimum atomic E-state index is -0.286. The van der Waals surface area contributed by atoms with Gasteiger partial charge in [-0.3, -0.25) is 14.2 Å². The molecular weight excluding hydrogens is 256 g/mol. The highest BCUT2D eigenvalue weighted by atomic mass is 16.2. The van der Waals surface area contributed by atoms with E-state index >= 15 is 0 Å². The molecule has 0 saturated carbocycles. The van der Waals surface area contributed by atoms with Gasteiger partial charge in [-0.1, -0.05) is 0 Å². The Labute approximate surface area is 116 Å². The van der Waals surface area contributed by atoms with E-state index in [1.165, 1.54) is 17.0 Å². The van der Waals surface area contributed by atoms with Crippen LogP contribution in [0.3, 0.4) is 0 Å². The Morgan fingerprint density at radius 1 is 1.35 bits per heavy atom. The number of hydrogen-bond donors (Lipinski definition) is 2. The fourth-order valence-electron chi connectivity index (χ4n) is 1.81. The molecule has 3 N–H and O–H groups in total. The largest absolute Gasteiger partial charge is 0.399 e. The normalized spacial score (nSPS) is 10.3. The summed E-state index contributed by atoms with van der Waals surface area (Å²) >= 11 is 0. The van der Waals surface area contributed by atoms with Gasteiger partial charge in [-0.25, -0.2) is 4.98 Å². The summed E-state index contributed by atoms with van der Waals surface area (Å²) in [5.41, 5.74) is 8.21. The first-order valence-corrected chi connectivity index (χ1v) is 6.15. The summed E-state index contributed by atoms with van der Waals surface area (Å²) < 4.78 is 1.26. The summed E-state index contributed by atoms with van der Waals surface area (Å²) in [5.74, 6) is -0.286. The highest BCUT2D eigenvalue weighted by molar-refractivity contribution is 5.91. The molecule has 6 nitrogen and oxygen atoms in total. The zero-order valence-electron chi connectivity index (χ0n) is 11.4. The SMILES string of the molecule is Cc1cc(=O)n(CC(=O)Nc2ccc(N)cc2C)cn1. The number of amides is 1. The number of carbonyl (C=O) groups excluding carboxylic acids is 1. The van der Waals surface area contributed by atoms with Crippen molar-refractivity contribution in [3.63, 3.8) is 0 Å². The number of nitrogen functional groups attached to an aromatic ring is 1. The van der Waals surface area contributed by atoms with Crippen molar-refractivity contribution in [2.45, 2.75) is 20.4 Å². The van der Waals surface area contributed by atoms with Crippen LogP contribution in [0.2, 0.25) is 0 Å². The summed E-state index contributed by atoms with van der Waals surface area (Å²) in [4.78, 5) is 27.6. The molecule has 0 aliphatic heterocycles. The third kappa shape index (κ3) is 3.23. The quantitative estimate of drug-likeness (QED) is 0.818. The Morgan fingerprint density at radius 3 is 2.75 bits per heavy atom. The highest BCUT2D eigenvalue weighted by Crippen LogP contribution is 2.17. The third-order valence-corrected chi connectivity index (χ3v) is 2.85. The predicted octanol–water partition coefficient (Wildman–Crippen LogP) is 1.08. The maximum absolute atomic E-state index is 11.9. The van der Waals surface area contributed by atoms with E-state index in [0.717, 1.165) is 5.56 Å². The minimum Gasteiger partial charge on any atom is -0.399 e. The molecule has 0 bridgehead atoms. The number of carbonyl (C=O) groups is 1. The average molecular weight is 272 g/mol. The lowest BCUT2D eigenvalue weighted by atomic mass is 10.2. The zero-order valence-corrected chi connectivity index (χ0v) is 11.4. The predicted molar refractivity (Wildman–Crippen MR) is 77.5 cm³/mol. The maximum Gasteiger partial charge on any atom is 0.253 e. The van der Waals surface area contributed by atoms with Gasteiger partial charge in [-0.2, -0.15) is 0 Å². The molecule has 2 rings (SSSR count). The fourth-order valence-corrected chi connectivity index (χ4v) is 1.81. The number of rotatable bonds is 3. The molecule has 1 heterocycles. The molecule has 20 heavy (non-hydrogen) atoms. The molecule has 0 aliphatic rings. The van der Waals surface area contributed by atoms with E-state index in [0.29, 0.717) is 17.1 Å². The van der Waals surface area contributed by atoms with Crippen molar-refractivity contribution >= 4 is 17.3 Å². The smallest absolute Gasteiger partial charge is 0.253 e. The summed E-state index contributed by atoms with van der Waals surface area (Å²) in [5, 5.41) is 2.75. The Bertz CT molecular complexity index is 707. The number of anilines is 2. The van der Waals surface area contributed by atoms with Crippen LogP contribution in [-0.2, 0) is 11.3 Å². The molecular formula is C14H16N4O2. The topological polar surface area (TPSA) is 90.0 Å². The lowest BCUT2D eigenvalue weighted by Crippen LogP contribution is -2.27. The van der Waals surface area contributed by atoms with Crippen molar-refractivity contribution < 1.29 is 4.79 Å². The minimum absolute atomic E-state index is 0.0735. The molecule has 6 heteroatoms. The molecule has 0 atom stereocenters. The van der Waals surface area contributed by atoms with Crippen LogP contribution in [0.25, 0.3) is 0 Å². The van der Waals surface area contributed by atoms with Gasteiger partial charge in [-0.15, -0.1) is 0 Å². The standard InChI is InChI=1S/C14H16N4O2/c1-9-5-11(15)3-4-12(9)17-13(19)7-18-8-16-10(2)6-14(18)20/h3-6,8H,7,15H2,1-2H3,(H,17,19). The van der Waals surface area contributed by atoms with Crippen molar-refractivity contribution in [1.82, 2.24) is 9.55 Å². The third-order valence-electron chi connectivity index (χ3n) is 2.85. The second kappa shape index (κ2) is 5.56. The number of benzene rings is 1. The van der Waals surface area contributed by atoms with E-state index in [2.05, 4.69) is 10.3 Å². The number of nitrogens with two attached hydrogens (primary N) is 1. The van der Waals surface area contributed by atoms with Crippen LogP contribution in [0, 0.1) is 13.8 Å². The maximum atomic E-state index is 11.9. The van der Waals surface area contributed by atoms with Gasteiger partial charge in [-0.05, 0) is 37.6 Å². The van der Waals surface area contributed by atoms with Crippen LogP contribution in [0.5, 0.6) is 0 Å². The number of nitrogens with zero attached hydrogens (tertiary/aromatic N) is 2. The molecule has 104 valence electrons. The molecule has 0 unspecified atom stereocenters. The van der Waals surface area contributed by atoms with E-state index in [1.807, 2.05) is 6.92 Å². The van der Waals surface area contributed by atoms with Gasteiger partial charge in [0.05, 0.1) is 6.33 Å². The first-order valence-electron chi connectivity index (χ1n) is 6.15. The second-order valence-electron chi connectivity index (χ2n) is 4.62. The Morgan fingerprint density at radius 2 is 2.10 bits per heavy atom.